The molecular weight excluding hydrogens is 350 g/mol. The van der Waals surface area contributed by atoms with E-state index < -0.39 is 0 Å². The van der Waals surface area contributed by atoms with E-state index in [4.69, 9.17) is 0 Å². The lowest BCUT2D eigenvalue weighted by Gasteiger charge is -2.20. The fourth-order valence-electron chi connectivity index (χ4n) is 3.43. The van der Waals surface area contributed by atoms with E-state index in [1.165, 1.54) is 5.69 Å². The molecule has 4 rings (SSSR count). The fourth-order valence-corrected chi connectivity index (χ4v) is 3.43. The van der Waals surface area contributed by atoms with Gasteiger partial charge in [0.2, 0.25) is 0 Å². The Kier molecular flexibility index (Phi) is 5.51. The predicted molar refractivity (Wildman–Crippen MR) is 112 cm³/mol. The normalized spacial score (nSPS) is 17.0. The van der Waals surface area contributed by atoms with Gasteiger partial charge >= 0.3 is 0 Å². The molecule has 0 bridgehead atoms. The Labute approximate surface area is 165 Å². The first-order chi connectivity index (χ1) is 13.8. The van der Waals surface area contributed by atoms with Gasteiger partial charge in [0, 0.05) is 57.0 Å². The molecule has 1 atom stereocenters. The van der Waals surface area contributed by atoms with Crippen molar-refractivity contribution in [1.82, 2.24) is 25.2 Å². The van der Waals surface area contributed by atoms with Crippen LogP contribution in [0.4, 0.5) is 5.69 Å². The number of aliphatic imine (C=N–C) groups is 1. The van der Waals surface area contributed by atoms with Gasteiger partial charge in [-0.15, -0.1) is 0 Å². The number of hydrogen-bond donors (Lipinski definition) is 2. The van der Waals surface area contributed by atoms with Crippen molar-refractivity contribution in [3.05, 3.63) is 72.9 Å². The maximum atomic E-state index is 4.39. The van der Waals surface area contributed by atoms with Crippen molar-refractivity contribution in [3.8, 4) is 5.82 Å². The molecule has 2 aromatic heterocycles. The summed E-state index contributed by atoms with van der Waals surface area (Å²) in [4.78, 5) is 15.3. The van der Waals surface area contributed by atoms with Crippen LogP contribution in [0, 0.1) is 0 Å². The van der Waals surface area contributed by atoms with E-state index in [0.717, 1.165) is 36.9 Å². The average molecular weight is 375 g/mol. The summed E-state index contributed by atoms with van der Waals surface area (Å²) in [5.41, 5.74) is 2.41. The van der Waals surface area contributed by atoms with Gasteiger partial charge in [-0.3, -0.25) is 9.56 Å². The third kappa shape index (κ3) is 4.31. The molecular formula is C21H25N7. The van der Waals surface area contributed by atoms with Crippen LogP contribution in [0.5, 0.6) is 0 Å². The topological polar surface area (TPSA) is 70.4 Å². The number of benzene rings is 1. The Morgan fingerprint density at radius 1 is 1.21 bits per heavy atom. The van der Waals surface area contributed by atoms with Crippen molar-refractivity contribution in [2.75, 3.05) is 25.0 Å². The smallest absolute Gasteiger partial charge is 0.191 e. The molecule has 1 fully saturated rings. The lowest BCUT2D eigenvalue weighted by molar-refractivity contribution is 0.648. The molecule has 0 radical (unpaired) electrons. The minimum atomic E-state index is 0.380. The molecule has 3 heterocycles. The number of pyridine rings is 1. The molecule has 1 saturated heterocycles. The van der Waals surface area contributed by atoms with Crippen molar-refractivity contribution in [3.63, 3.8) is 0 Å². The Morgan fingerprint density at radius 3 is 2.89 bits per heavy atom. The number of nitrogens with one attached hydrogen (secondary N) is 2. The number of nitrogens with zero attached hydrogens (tertiary/aromatic N) is 5. The molecule has 0 amide bonds. The van der Waals surface area contributed by atoms with Gasteiger partial charge in [-0.2, -0.15) is 0 Å². The summed E-state index contributed by atoms with van der Waals surface area (Å²) in [6.07, 6.45) is 8.29. The summed E-state index contributed by atoms with van der Waals surface area (Å²) < 4.78 is 1.90. The van der Waals surface area contributed by atoms with Crippen LogP contribution < -0.4 is 15.5 Å². The Balaban J connectivity index is 1.32. The Hall–Kier alpha value is -3.35. The molecule has 1 aliphatic heterocycles. The maximum Gasteiger partial charge on any atom is 0.191 e. The van der Waals surface area contributed by atoms with Crippen LogP contribution in [0.1, 0.15) is 12.0 Å². The number of imidazole rings is 1. The second-order valence-electron chi connectivity index (χ2n) is 6.83. The SMILES string of the molecule is CN=C(NCc1ccnc(-n2ccnc2)c1)NC1CCN(c2ccccc2)C1. The lowest BCUT2D eigenvalue weighted by Crippen LogP contribution is -2.44. The average Bonchev–Trinajstić information content (AvgIpc) is 3.44. The third-order valence-electron chi connectivity index (χ3n) is 4.91. The number of guanidine groups is 1. The first-order valence-electron chi connectivity index (χ1n) is 9.52. The van der Waals surface area contributed by atoms with Crippen molar-refractivity contribution in [2.24, 2.45) is 4.99 Å². The summed E-state index contributed by atoms with van der Waals surface area (Å²) in [7, 11) is 1.81. The van der Waals surface area contributed by atoms with Crippen LogP contribution >= 0.6 is 0 Å². The fraction of sp³-hybridized carbons (Fsp3) is 0.286. The lowest BCUT2D eigenvalue weighted by atomic mass is 10.2. The number of hydrogen-bond acceptors (Lipinski definition) is 4. The molecule has 7 nitrogen and oxygen atoms in total. The molecule has 144 valence electrons. The zero-order valence-electron chi connectivity index (χ0n) is 16.0. The van der Waals surface area contributed by atoms with Crippen LogP contribution in [-0.4, -0.2) is 46.7 Å². The molecule has 1 aromatic carbocycles. The van der Waals surface area contributed by atoms with Crippen LogP contribution in [-0.2, 0) is 6.54 Å². The van der Waals surface area contributed by atoms with Gasteiger partial charge in [-0.25, -0.2) is 9.97 Å². The second-order valence-corrected chi connectivity index (χ2v) is 6.83. The molecule has 3 aromatic rings. The first-order valence-corrected chi connectivity index (χ1v) is 9.52. The van der Waals surface area contributed by atoms with E-state index in [9.17, 15) is 0 Å². The molecule has 2 N–H and O–H groups in total. The van der Waals surface area contributed by atoms with Gasteiger partial charge in [0.25, 0.3) is 0 Å². The van der Waals surface area contributed by atoms with Crippen LogP contribution in [0.3, 0.4) is 0 Å². The van der Waals surface area contributed by atoms with Crippen molar-refractivity contribution in [2.45, 2.75) is 19.0 Å². The first kappa shape index (κ1) is 18.0. The monoisotopic (exact) mass is 375 g/mol. The zero-order valence-corrected chi connectivity index (χ0v) is 16.0. The highest BCUT2D eigenvalue weighted by atomic mass is 15.2. The van der Waals surface area contributed by atoms with Crippen LogP contribution in [0.25, 0.3) is 5.82 Å². The standard InChI is InChI=1S/C21H25N7/c1-22-21(26-18-8-11-27(15-18)19-5-3-2-4-6-19)25-14-17-7-9-24-20(13-17)28-12-10-23-16-28/h2-7,9-10,12-13,16,18H,8,11,14-15H2,1H3,(H2,22,25,26). The van der Waals surface area contributed by atoms with E-state index in [1.54, 1.807) is 12.5 Å². The second kappa shape index (κ2) is 8.56. The largest absolute Gasteiger partial charge is 0.369 e. The summed E-state index contributed by atoms with van der Waals surface area (Å²) in [6.45, 7) is 2.71. The number of para-hydroxylation sites is 1. The number of rotatable bonds is 5. The molecule has 0 saturated carbocycles. The minimum Gasteiger partial charge on any atom is -0.369 e. The van der Waals surface area contributed by atoms with Gasteiger partial charge in [0.05, 0.1) is 0 Å². The molecule has 1 unspecified atom stereocenters. The summed E-state index contributed by atoms with van der Waals surface area (Å²) in [6, 6.07) is 15.0. The van der Waals surface area contributed by atoms with E-state index in [-0.39, 0.29) is 0 Å². The Morgan fingerprint density at radius 2 is 2.11 bits per heavy atom. The minimum absolute atomic E-state index is 0.380. The Bertz CT molecular complexity index is 906. The maximum absolute atomic E-state index is 4.39. The van der Waals surface area contributed by atoms with E-state index in [0.29, 0.717) is 12.6 Å². The summed E-state index contributed by atoms with van der Waals surface area (Å²) in [5.74, 6) is 1.68. The predicted octanol–water partition coefficient (Wildman–Crippen LogP) is 2.21. The molecule has 1 aliphatic rings. The number of aromatic nitrogens is 3. The quantitative estimate of drug-likeness (QED) is 0.529. The van der Waals surface area contributed by atoms with Crippen LogP contribution in [0.2, 0.25) is 0 Å². The molecule has 7 heteroatoms. The summed E-state index contributed by atoms with van der Waals surface area (Å²) in [5, 5.41) is 6.95. The highest BCUT2D eigenvalue weighted by Crippen LogP contribution is 2.19. The van der Waals surface area contributed by atoms with Gasteiger partial charge < -0.3 is 15.5 Å². The van der Waals surface area contributed by atoms with Crippen molar-refractivity contribution < 1.29 is 0 Å². The third-order valence-corrected chi connectivity index (χ3v) is 4.91. The van der Waals surface area contributed by atoms with E-state index >= 15 is 0 Å². The van der Waals surface area contributed by atoms with Crippen molar-refractivity contribution >= 4 is 11.6 Å². The van der Waals surface area contributed by atoms with Crippen molar-refractivity contribution in [1.29, 1.82) is 0 Å². The van der Waals surface area contributed by atoms with E-state index in [1.807, 2.05) is 30.1 Å². The molecule has 0 aliphatic carbocycles. The highest BCUT2D eigenvalue weighted by molar-refractivity contribution is 5.80. The van der Waals surface area contributed by atoms with Gasteiger partial charge in [0.15, 0.2) is 5.96 Å². The highest BCUT2D eigenvalue weighted by Gasteiger charge is 2.23. The van der Waals surface area contributed by atoms with Gasteiger partial charge in [0.1, 0.15) is 12.1 Å². The van der Waals surface area contributed by atoms with Crippen LogP contribution in [0.15, 0.2) is 72.4 Å². The van der Waals surface area contributed by atoms with Gasteiger partial charge in [-0.05, 0) is 36.2 Å². The molecule has 28 heavy (non-hydrogen) atoms. The zero-order chi connectivity index (χ0) is 19.2. The molecule has 0 spiro atoms. The van der Waals surface area contributed by atoms with Gasteiger partial charge in [-0.1, -0.05) is 18.2 Å². The summed E-state index contributed by atoms with van der Waals surface area (Å²) >= 11 is 0. The van der Waals surface area contributed by atoms with E-state index in [2.05, 4.69) is 66.9 Å². The number of anilines is 1.